The molecule has 0 fully saturated rings. The highest BCUT2D eigenvalue weighted by Gasteiger charge is 2.14. The number of fused-ring (bicyclic) bond motifs is 1. The number of hydrogen-bond donors (Lipinski definition) is 2. The molecule has 29 heavy (non-hydrogen) atoms. The molecule has 0 spiro atoms. The number of carbonyl (C=O) groups excluding carboxylic acids is 2. The van der Waals surface area contributed by atoms with Gasteiger partial charge in [0.1, 0.15) is 5.52 Å². The van der Waals surface area contributed by atoms with Gasteiger partial charge in [0.05, 0.1) is 11.9 Å². The number of nitrogens with one attached hydrogen (secondary N) is 2. The molecule has 4 rings (SSSR count). The molecule has 0 aliphatic rings. The lowest BCUT2D eigenvalue weighted by Crippen LogP contribution is -2.36. The van der Waals surface area contributed by atoms with Crippen LogP contribution in [0.2, 0.25) is 0 Å². The molecular formula is C22H18N4O3. The molecule has 0 saturated carbocycles. The van der Waals surface area contributed by atoms with Gasteiger partial charge in [0.2, 0.25) is 5.91 Å². The van der Waals surface area contributed by atoms with Crippen LogP contribution in [0.4, 0.5) is 0 Å². The maximum atomic E-state index is 12.5. The van der Waals surface area contributed by atoms with Crippen molar-refractivity contribution in [2.75, 3.05) is 6.54 Å². The molecule has 0 bridgehead atoms. The first kappa shape index (κ1) is 18.4. The first-order valence-corrected chi connectivity index (χ1v) is 9.09. The van der Waals surface area contributed by atoms with Gasteiger partial charge in [-0.15, -0.1) is 0 Å². The monoisotopic (exact) mass is 386 g/mol. The van der Waals surface area contributed by atoms with Crippen molar-refractivity contribution in [3.8, 4) is 11.3 Å². The maximum Gasteiger partial charge on any atom is 0.251 e. The van der Waals surface area contributed by atoms with Crippen molar-refractivity contribution in [1.29, 1.82) is 0 Å². The Labute approximate surface area is 166 Å². The first-order valence-electron chi connectivity index (χ1n) is 9.09. The van der Waals surface area contributed by atoms with Gasteiger partial charge < -0.3 is 15.2 Å². The molecule has 2 heterocycles. The van der Waals surface area contributed by atoms with Crippen LogP contribution in [0.15, 0.2) is 77.6 Å². The van der Waals surface area contributed by atoms with E-state index in [4.69, 9.17) is 4.52 Å². The highest BCUT2D eigenvalue weighted by molar-refractivity contribution is 6.01. The minimum Gasteiger partial charge on any atom is -0.355 e. The molecule has 0 saturated heterocycles. The maximum absolute atomic E-state index is 12.5. The summed E-state index contributed by atoms with van der Waals surface area (Å²) in [5, 5.41) is 10.2. The summed E-state index contributed by atoms with van der Waals surface area (Å²) in [5.41, 5.74) is 2.86. The van der Waals surface area contributed by atoms with Crippen LogP contribution < -0.4 is 10.6 Å². The van der Waals surface area contributed by atoms with Gasteiger partial charge in [-0.25, -0.2) is 0 Å². The molecule has 2 amide bonds. The van der Waals surface area contributed by atoms with Gasteiger partial charge in [-0.2, -0.15) is 0 Å². The second kappa shape index (κ2) is 8.35. The summed E-state index contributed by atoms with van der Waals surface area (Å²) in [4.78, 5) is 28.5. The Bertz CT molecular complexity index is 1140. The van der Waals surface area contributed by atoms with Crippen LogP contribution >= 0.6 is 0 Å². The molecule has 0 aliphatic heterocycles. The standard InChI is InChI=1S/C22H18N4O3/c27-20(24-13-15-5-4-10-23-12-15)14-25-22(28)17-8-9-19-18(11-17)21(29-26-19)16-6-2-1-3-7-16/h1-12H,13-14H2,(H,24,27)(H,25,28). The summed E-state index contributed by atoms with van der Waals surface area (Å²) in [6.45, 7) is 0.238. The fourth-order valence-electron chi connectivity index (χ4n) is 2.91. The smallest absolute Gasteiger partial charge is 0.251 e. The van der Waals surface area contributed by atoms with Gasteiger partial charge in [0, 0.05) is 30.1 Å². The van der Waals surface area contributed by atoms with Crippen molar-refractivity contribution in [2.45, 2.75) is 6.54 Å². The Hall–Kier alpha value is -4.00. The third-order valence-corrected chi connectivity index (χ3v) is 4.40. The number of carbonyl (C=O) groups is 2. The van der Waals surface area contributed by atoms with E-state index in [1.54, 1.807) is 36.7 Å². The molecule has 7 nitrogen and oxygen atoms in total. The van der Waals surface area contributed by atoms with Crippen molar-refractivity contribution in [3.63, 3.8) is 0 Å². The van der Waals surface area contributed by atoms with E-state index in [-0.39, 0.29) is 18.4 Å². The van der Waals surface area contributed by atoms with E-state index in [1.165, 1.54) is 0 Å². The lowest BCUT2D eigenvalue weighted by molar-refractivity contribution is -0.120. The van der Waals surface area contributed by atoms with Crippen molar-refractivity contribution < 1.29 is 14.1 Å². The predicted molar refractivity (Wildman–Crippen MR) is 108 cm³/mol. The number of rotatable bonds is 6. The number of amides is 2. The molecule has 144 valence electrons. The van der Waals surface area contributed by atoms with Crippen LogP contribution in [0, 0.1) is 0 Å². The topological polar surface area (TPSA) is 97.1 Å². The van der Waals surface area contributed by atoms with E-state index in [1.807, 2.05) is 36.4 Å². The summed E-state index contributed by atoms with van der Waals surface area (Å²) in [5.74, 6) is -0.0219. The molecular weight excluding hydrogens is 368 g/mol. The Morgan fingerprint density at radius 1 is 0.966 bits per heavy atom. The number of nitrogens with zero attached hydrogens (tertiary/aromatic N) is 2. The van der Waals surface area contributed by atoms with Crippen molar-refractivity contribution in [3.05, 3.63) is 84.2 Å². The van der Waals surface area contributed by atoms with Gasteiger partial charge in [-0.3, -0.25) is 14.6 Å². The molecule has 0 unspecified atom stereocenters. The third-order valence-electron chi connectivity index (χ3n) is 4.40. The average Bonchev–Trinajstić information content (AvgIpc) is 3.20. The molecule has 2 aromatic carbocycles. The minimum atomic E-state index is -0.344. The Morgan fingerprint density at radius 3 is 2.62 bits per heavy atom. The fraction of sp³-hybridized carbons (Fsp3) is 0.0909. The Balaban J connectivity index is 1.41. The second-order valence-electron chi connectivity index (χ2n) is 6.43. The summed E-state index contributed by atoms with van der Waals surface area (Å²) < 4.78 is 5.46. The van der Waals surface area contributed by atoms with Gasteiger partial charge in [-0.05, 0) is 29.8 Å². The molecule has 7 heteroatoms. The van der Waals surface area contributed by atoms with Crippen molar-refractivity contribution in [1.82, 2.24) is 20.8 Å². The van der Waals surface area contributed by atoms with Crippen LogP contribution in [0.3, 0.4) is 0 Å². The summed E-state index contributed by atoms with van der Waals surface area (Å²) >= 11 is 0. The molecule has 0 radical (unpaired) electrons. The number of aromatic nitrogens is 2. The van der Waals surface area contributed by atoms with E-state index in [0.29, 0.717) is 23.4 Å². The van der Waals surface area contributed by atoms with Crippen LogP contribution in [0.1, 0.15) is 15.9 Å². The third kappa shape index (κ3) is 4.30. The Kier molecular flexibility index (Phi) is 5.29. The number of pyridine rings is 1. The fourth-order valence-corrected chi connectivity index (χ4v) is 2.91. The van der Waals surface area contributed by atoms with Gasteiger partial charge in [0.15, 0.2) is 5.76 Å². The SMILES string of the molecule is O=C(CNC(=O)c1ccc2noc(-c3ccccc3)c2c1)NCc1cccnc1. The molecule has 2 aromatic heterocycles. The molecule has 2 N–H and O–H groups in total. The lowest BCUT2D eigenvalue weighted by atomic mass is 10.1. The summed E-state index contributed by atoms with van der Waals surface area (Å²) in [7, 11) is 0. The molecule has 0 aliphatic carbocycles. The number of benzene rings is 2. The first-order chi connectivity index (χ1) is 14.2. The largest absolute Gasteiger partial charge is 0.355 e. The zero-order valence-corrected chi connectivity index (χ0v) is 15.5. The van der Waals surface area contributed by atoms with E-state index in [9.17, 15) is 9.59 Å². The Morgan fingerprint density at radius 2 is 1.83 bits per heavy atom. The van der Waals surface area contributed by atoms with Gasteiger partial charge in [-0.1, -0.05) is 41.6 Å². The van der Waals surface area contributed by atoms with Crippen LogP contribution in [-0.4, -0.2) is 28.5 Å². The highest BCUT2D eigenvalue weighted by Crippen LogP contribution is 2.29. The summed E-state index contributed by atoms with van der Waals surface area (Å²) in [6.07, 6.45) is 3.35. The van der Waals surface area contributed by atoms with E-state index in [2.05, 4.69) is 20.8 Å². The molecule has 4 aromatic rings. The van der Waals surface area contributed by atoms with E-state index < -0.39 is 0 Å². The average molecular weight is 386 g/mol. The van der Waals surface area contributed by atoms with E-state index in [0.717, 1.165) is 16.5 Å². The summed E-state index contributed by atoms with van der Waals surface area (Å²) in [6, 6.07) is 18.3. The zero-order chi connectivity index (χ0) is 20.1. The molecule has 0 atom stereocenters. The van der Waals surface area contributed by atoms with Crippen molar-refractivity contribution in [2.24, 2.45) is 0 Å². The van der Waals surface area contributed by atoms with Crippen LogP contribution in [0.5, 0.6) is 0 Å². The van der Waals surface area contributed by atoms with Crippen LogP contribution in [0.25, 0.3) is 22.2 Å². The minimum absolute atomic E-state index is 0.119. The zero-order valence-electron chi connectivity index (χ0n) is 15.5. The number of hydrogen-bond acceptors (Lipinski definition) is 5. The van der Waals surface area contributed by atoms with E-state index >= 15 is 0 Å². The quantitative estimate of drug-likeness (QED) is 0.531. The van der Waals surface area contributed by atoms with Gasteiger partial charge >= 0.3 is 0 Å². The second-order valence-corrected chi connectivity index (χ2v) is 6.43. The normalized spacial score (nSPS) is 10.6. The highest BCUT2D eigenvalue weighted by atomic mass is 16.5. The van der Waals surface area contributed by atoms with Gasteiger partial charge in [0.25, 0.3) is 5.91 Å². The predicted octanol–water partition coefficient (Wildman–Crippen LogP) is 2.94. The van der Waals surface area contributed by atoms with Crippen LogP contribution in [-0.2, 0) is 11.3 Å². The lowest BCUT2D eigenvalue weighted by Gasteiger charge is -2.07. The van der Waals surface area contributed by atoms with Crippen molar-refractivity contribution >= 4 is 22.7 Å².